The molecule has 0 bridgehead atoms. The molecule has 0 saturated carbocycles. The van der Waals surface area contributed by atoms with Gasteiger partial charge in [-0.1, -0.05) is 61.5 Å². The summed E-state index contributed by atoms with van der Waals surface area (Å²) in [5, 5.41) is 0. The second-order valence-electron chi connectivity index (χ2n) is 7.87. The smallest absolute Gasteiger partial charge is 0.340 e. The van der Waals surface area contributed by atoms with E-state index in [0.717, 1.165) is 0 Å². The molecule has 0 aliphatic carbocycles. The third kappa shape index (κ3) is 5.50. The van der Waals surface area contributed by atoms with Crippen molar-refractivity contribution in [3.63, 3.8) is 0 Å². The molecule has 174 valence electrons. The fourth-order valence-corrected chi connectivity index (χ4v) is 3.65. The first kappa shape index (κ1) is 23.2. The third-order valence-electron chi connectivity index (χ3n) is 5.50. The fraction of sp³-hybridized carbons (Fsp3) is 0.222. The van der Waals surface area contributed by atoms with Crippen molar-refractivity contribution in [1.82, 2.24) is 0 Å². The van der Waals surface area contributed by atoms with E-state index in [9.17, 15) is 14.4 Å². The van der Waals surface area contributed by atoms with Crippen LogP contribution in [0.15, 0.2) is 91.0 Å². The van der Waals surface area contributed by atoms with Crippen LogP contribution < -0.4 is 0 Å². The molecule has 1 fully saturated rings. The maximum Gasteiger partial charge on any atom is 0.340 e. The van der Waals surface area contributed by atoms with Crippen molar-refractivity contribution in [1.29, 1.82) is 0 Å². The Bertz CT molecular complexity index is 1120. The molecule has 1 unspecified atom stereocenters. The van der Waals surface area contributed by atoms with Crippen LogP contribution in [0.3, 0.4) is 0 Å². The minimum Gasteiger partial charge on any atom is -0.459 e. The fourth-order valence-electron chi connectivity index (χ4n) is 3.65. The summed E-state index contributed by atoms with van der Waals surface area (Å²) in [6.45, 7) is 1.58. The van der Waals surface area contributed by atoms with Gasteiger partial charge in [-0.25, -0.2) is 14.4 Å². The first-order chi connectivity index (χ1) is 16.5. The van der Waals surface area contributed by atoms with Gasteiger partial charge in [-0.3, -0.25) is 0 Å². The molecule has 0 radical (unpaired) electrons. The van der Waals surface area contributed by atoms with Gasteiger partial charge in [0.1, 0.15) is 18.8 Å². The average Bonchev–Trinajstić information content (AvgIpc) is 3.17. The van der Waals surface area contributed by atoms with E-state index >= 15 is 0 Å². The number of ether oxygens (including phenoxy) is 4. The van der Waals surface area contributed by atoms with Gasteiger partial charge in [0, 0.05) is 0 Å². The highest BCUT2D eigenvalue weighted by Crippen LogP contribution is 2.32. The first-order valence-corrected chi connectivity index (χ1v) is 10.9. The van der Waals surface area contributed by atoms with Crippen LogP contribution in [0.5, 0.6) is 0 Å². The third-order valence-corrected chi connectivity index (χ3v) is 5.50. The summed E-state index contributed by atoms with van der Waals surface area (Å²) in [4.78, 5) is 37.7. The zero-order chi connectivity index (χ0) is 23.9. The Hall–Kier alpha value is -3.97. The molecule has 1 aliphatic rings. The summed E-state index contributed by atoms with van der Waals surface area (Å²) >= 11 is 0. The predicted molar refractivity (Wildman–Crippen MR) is 122 cm³/mol. The van der Waals surface area contributed by atoms with Crippen LogP contribution in [-0.2, 0) is 18.9 Å². The Kier molecular flexibility index (Phi) is 7.34. The molecule has 7 heteroatoms. The molecule has 3 aromatic rings. The summed E-state index contributed by atoms with van der Waals surface area (Å²) in [5.41, 5.74) is 1.13. The van der Waals surface area contributed by atoms with E-state index in [1.54, 1.807) is 97.9 Å². The van der Waals surface area contributed by atoms with E-state index in [-0.39, 0.29) is 6.61 Å². The zero-order valence-electron chi connectivity index (χ0n) is 18.5. The number of rotatable bonds is 7. The van der Waals surface area contributed by atoms with Crippen molar-refractivity contribution < 1.29 is 33.3 Å². The van der Waals surface area contributed by atoms with E-state index in [0.29, 0.717) is 16.7 Å². The van der Waals surface area contributed by atoms with Crippen molar-refractivity contribution >= 4 is 17.9 Å². The van der Waals surface area contributed by atoms with Gasteiger partial charge in [0.25, 0.3) is 0 Å². The topological polar surface area (TPSA) is 88.1 Å². The molecule has 34 heavy (non-hydrogen) atoms. The van der Waals surface area contributed by atoms with E-state index < -0.39 is 42.3 Å². The lowest BCUT2D eigenvalue weighted by atomic mass is 10.0. The van der Waals surface area contributed by atoms with Crippen LogP contribution in [0, 0.1) is 5.92 Å². The lowest BCUT2D eigenvalue weighted by Gasteiger charge is -2.21. The van der Waals surface area contributed by atoms with Crippen molar-refractivity contribution in [3.05, 3.63) is 108 Å². The predicted octanol–water partition coefficient (Wildman–Crippen LogP) is 4.29. The van der Waals surface area contributed by atoms with Crippen molar-refractivity contribution in [3.8, 4) is 0 Å². The highest BCUT2D eigenvalue weighted by Gasteiger charge is 2.47. The molecule has 0 amide bonds. The summed E-state index contributed by atoms with van der Waals surface area (Å²) in [5.74, 6) is -2.14. The molecular formula is C27H24O7. The average molecular weight is 460 g/mol. The highest BCUT2D eigenvalue weighted by molar-refractivity contribution is 5.90. The molecule has 4 atom stereocenters. The molecule has 0 spiro atoms. The SMILES string of the molecule is CC1[C@@H](OC(=O)c2ccccc2)O[C@H](COC(=O)c2ccccc2)[C@H]1OC(=O)c1ccccc1. The maximum absolute atomic E-state index is 12.7. The number of carbonyl (C=O) groups is 3. The molecule has 3 aromatic carbocycles. The number of hydrogen-bond donors (Lipinski definition) is 0. The van der Waals surface area contributed by atoms with Gasteiger partial charge in [-0.15, -0.1) is 0 Å². The van der Waals surface area contributed by atoms with Gasteiger partial charge < -0.3 is 18.9 Å². The van der Waals surface area contributed by atoms with E-state index in [4.69, 9.17) is 18.9 Å². The second-order valence-corrected chi connectivity index (χ2v) is 7.87. The van der Waals surface area contributed by atoms with E-state index in [2.05, 4.69) is 0 Å². The van der Waals surface area contributed by atoms with Crippen LogP contribution in [0.1, 0.15) is 38.0 Å². The monoisotopic (exact) mass is 460 g/mol. The molecule has 0 aromatic heterocycles. The Labute approximate surface area is 197 Å². The highest BCUT2D eigenvalue weighted by atomic mass is 16.7. The summed E-state index contributed by atoms with van der Waals surface area (Å²) in [6, 6.07) is 25.6. The second kappa shape index (κ2) is 10.8. The number of hydrogen-bond acceptors (Lipinski definition) is 7. The van der Waals surface area contributed by atoms with Crippen LogP contribution in [0.2, 0.25) is 0 Å². The molecule has 1 heterocycles. The minimum absolute atomic E-state index is 0.176. The van der Waals surface area contributed by atoms with Gasteiger partial charge in [0.05, 0.1) is 22.6 Å². The quantitative estimate of drug-likeness (QED) is 0.384. The molecule has 1 saturated heterocycles. The summed E-state index contributed by atoms with van der Waals surface area (Å²) < 4.78 is 22.6. The van der Waals surface area contributed by atoms with Gasteiger partial charge >= 0.3 is 17.9 Å². The van der Waals surface area contributed by atoms with E-state index in [1.807, 2.05) is 0 Å². The lowest BCUT2D eigenvalue weighted by Crippen LogP contribution is -2.35. The maximum atomic E-state index is 12.7. The molecular weight excluding hydrogens is 436 g/mol. The molecule has 1 aliphatic heterocycles. The number of carbonyl (C=O) groups excluding carboxylic acids is 3. The first-order valence-electron chi connectivity index (χ1n) is 10.9. The van der Waals surface area contributed by atoms with Crippen LogP contribution in [-0.4, -0.2) is 43.0 Å². The lowest BCUT2D eigenvalue weighted by molar-refractivity contribution is -0.125. The Morgan fingerprint density at radius 3 is 1.62 bits per heavy atom. The van der Waals surface area contributed by atoms with Gasteiger partial charge in [-0.2, -0.15) is 0 Å². The van der Waals surface area contributed by atoms with Crippen molar-refractivity contribution in [2.24, 2.45) is 5.92 Å². The van der Waals surface area contributed by atoms with Crippen molar-refractivity contribution in [2.45, 2.75) is 25.4 Å². The number of benzene rings is 3. The van der Waals surface area contributed by atoms with Crippen molar-refractivity contribution in [2.75, 3.05) is 6.61 Å². The van der Waals surface area contributed by atoms with Crippen LogP contribution in [0.25, 0.3) is 0 Å². The molecule has 4 rings (SSSR count). The zero-order valence-corrected chi connectivity index (χ0v) is 18.5. The standard InChI is InChI=1S/C27H24O7/c1-18-23(33-25(29)20-13-7-3-8-14-20)22(17-31-24(28)19-11-5-2-6-12-19)32-27(18)34-26(30)21-15-9-4-10-16-21/h2-16,18,22-23,27H,17H2,1H3/t18?,22-,23+,27-/m1/s1. The Morgan fingerprint density at radius 2 is 1.12 bits per heavy atom. The Balaban J connectivity index is 1.47. The summed E-state index contributed by atoms with van der Waals surface area (Å²) in [7, 11) is 0. The molecule has 0 N–H and O–H groups in total. The van der Waals surface area contributed by atoms with Gasteiger partial charge in [-0.05, 0) is 36.4 Å². The van der Waals surface area contributed by atoms with Gasteiger partial charge in [0.2, 0.25) is 6.29 Å². The Morgan fingerprint density at radius 1 is 0.676 bits per heavy atom. The van der Waals surface area contributed by atoms with Crippen LogP contribution in [0.4, 0.5) is 0 Å². The molecule has 7 nitrogen and oxygen atoms in total. The minimum atomic E-state index is -0.985. The number of esters is 3. The van der Waals surface area contributed by atoms with Crippen LogP contribution >= 0.6 is 0 Å². The summed E-state index contributed by atoms with van der Waals surface area (Å²) in [6.07, 6.45) is -2.60. The normalized spacial score (nSPS) is 21.4. The largest absolute Gasteiger partial charge is 0.459 e. The van der Waals surface area contributed by atoms with E-state index in [1.165, 1.54) is 0 Å². The van der Waals surface area contributed by atoms with Gasteiger partial charge in [0.15, 0.2) is 0 Å².